The van der Waals surface area contributed by atoms with E-state index in [1.807, 2.05) is 13.8 Å². The lowest BCUT2D eigenvalue weighted by Gasteiger charge is -2.18. The molecule has 0 rings (SSSR count). The summed E-state index contributed by atoms with van der Waals surface area (Å²) in [4.78, 5) is 0. The van der Waals surface area contributed by atoms with Gasteiger partial charge in [0.2, 0.25) is 0 Å². The topological polar surface area (TPSA) is 20.2 Å². The Morgan fingerprint density at radius 3 is 2.29 bits per heavy atom. The van der Waals surface area contributed by atoms with E-state index < -0.39 is 5.60 Å². The largest absolute Gasteiger partial charge is 0.390 e. The molecule has 0 radical (unpaired) electrons. The molecule has 0 aromatic carbocycles. The third-order valence-corrected chi connectivity index (χ3v) is 2.88. The molecule has 0 heterocycles. The Bertz CT molecular complexity index is 129. The molecule has 0 aromatic heterocycles. The van der Waals surface area contributed by atoms with Crippen molar-refractivity contribution in [3.05, 3.63) is 0 Å². The van der Waals surface area contributed by atoms with E-state index in [0.717, 1.165) is 19.3 Å². The van der Waals surface area contributed by atoms with E-state index in [-0.39, 0.29) is 5.38 Å². The van der Waals surface area contributed by atoms with Crippen molar-refractivity contribution in [3.8, 4) is 0 Å². The number of halogens is 1. The lowest BCUT2D eigenvalue weighted by atomic mass is 9.99. The van der Waals surface area contributed by atoms with Gasteiger partial charge in [-0.05, 0) is 33.1 Å². The van der Waals surface area contributed by atoms with E-state index in [2.05, 4.69) is 6.92 Å². The molecule has 1 nitrogen and oxygen atoms in total. The van der Waals surface area contributed by atoms with Crippen molar-refractivity contribution in [2.75, 3.05) is 0 Å². The average Bonchev–Trinajstić information content (AvgIpc) is 2.08. The molecule has 1 unspecified atom stereocenters. The molecule has 86 valence electrons. The summed E-state index contributed by atoms with van der Waals surface area (Å²) in [6.45, 7) is 5.90. The van der Waals surface area contributed by atoms with E-state index in [1.54, 1.807) is 0 Å². The molecule has 0 aliphatic carbocycles. The summed E-state index contributed by atoms with van der Waals surface area (Å²) in [6, 6.07) is 0. The molecule has 0 fully saturated rings. The summed E-state index contributed by atoms with van der Waals surface area (Å²) < 4.78 is 0. The molecule has 1 N–H and O–H groups in total. The fraction of sp³-hybridized carbons (Fsp3) is 1.00. The van der Waals surface area contributed by atoms with Crippen molar-refractivity contribution in [2.24, 2.45) is 0 Å². The van der Waals surface area contributed by atoms with Gasteiger partial charge in [-0.15, -0.1) is 11.6 Å². The fourth-order valence-electron chi connectivity index (χ4n) is 1.45. The lowest BCUT2D eigenvalue weighted by Crippen LogP contribution is -2.19. The van der Waals surface area contributed by atoms with Gasteiger partial charge in [0.15, 0.2) is 0 Å². The van der Waals surface area contributed by atoms with Crippen LogP contribution in [0.2, 0.25) is 0 Å². The van der Waals surface area contributed by atoms with E-state index >= 15 is 0 Å². The van der Waals surface area contributed by atoms with Crippen LogP contribution in [0, 0.1) is 0 Å². The van der Waals surface area contributed by atoms with Gasteiger partial charge in [0, 0.05) is 5.38 Å². The third kappa shape index (κ3) is 10.3. The zero-order valence-corrected chi connectivity index (χ0v) is 10.6. The molecule has 0 aliphatic rings. The van der Waals surface area contributed by atoms with Gasteiger partial charge in [-0.1, -0.05) is 32.6 Å². The Morgan fingerprint density at radius 2 is 1.79 bits per heavy atom. The number of alkyl halides is 1. The molecule has 0 saturated carbocycles. The van der Waals surface area contributed by atoms with Crippen LogP contribution in [0.4, 0.5) is 0 Å². The molecule has 14 heavy (non-hydrogen) atoms. The molecule has 0 saturated heterocycles. The maximum absolute atomic E-state index is 9.52. The predicted octanol–water partition coefficient (Wildman–Crippen LogP) is 4.12. The standard InChI is InChI=1S/C12H25ClO/c1-4-5-6-7-8-11(13)9-10-12(2,3)14/h11,14H,4-10H2,1-3H3. The van der Waals surface area contributed by atoms with Gasteiger partial charge < -0.3 is 5.11 Å². The zero-order valence-electron chi connectivity index (χ0n) is 9.85. The van der Waals surface area contributed by atoms with Crippen molar-refractivity contribution < 1.29 is 5.11 Å². The van der Waals surface area contributed by atoms with Crippen molar-refractivity contribution in [3.63, 3.8) is 0 Å². The van der Waals surface area contributed by atoms with Gasteiger partial charge >= 0.3 is 0 Å². The van der Waals surface area contributed by atoms with E-state index in [1.165, 1.54) is 25.7 Å². The predicted molar refractivity (Wildman–Crippen MR) is 63.9 cm³/mol. The molecule has 0 bridgehead atoms. The summed E-state index contributed by atoms with van der Waals surface area (Å²) in [5.41, 5.74) is -0.559. The minimum Gasteiger partial charge on any atom is -0.390 e. The Kier molecular flexibility index (Phi) is 7.66. The first-order chi connectivity index (χ1) is 6.45. The molecule has 0 amide bonds. The maximum Gasteiger partial charge on any atom is 0.0592 e. The zero-order chi connectivity index (χ0) is 11.0. The first-order valence-corrected chi connectivity index (χ1v) is 6.26. The smallest absolute Gasteiger partial charge is 0.0592 e. The second-order valence-electron chi connectivity index (χ2n) is 4.80. The Morgan fingerprint density at radius 1 is 1.14 bits per heavy atom. The molecule has 0 aliphatic heterocycles. The third-order valence-electron chi connectivity index (χ3n) is 2.44. The number of hydrogen-bond donors (Lipinski definition) is 1. The summed E-state index contributed by atoms with van der Waals surface area (Å²) in [6.07, 6.45) is 7.94. The second kappa shape index (κ2) is 7.53. The molecule has 1 atom stereocenters. The van der Waals surface area contributed by atoms with Crippen molar-refractivity contribution in [1.82, 2.24) is 0 Å². The molecule has 0 spiro atoms. The van der Waals surface area contributed by atoms with Crippen LogP contribution in [-0.2, 0) is 0 Å². The lowest BCUT2D eigenvalue weighted by molar-refractivity contribution is 0.0683. The highest BCUT2D eigenvalue weighted by atomic mass is 35.5. The SMILES string of the molecule is CCCCCCC(Cl)CCC(C)(C)O. The van der Waals surface area contributed by atoms with Gasteiger partial charge in [0.25, 0.3) is 0 Å². The Balaban J connectivity index is 3.32. The van der Waals surface area contributed by atoms with Crippen LogP contribution in [0.5, 0.6) is 0 Å². The molecule has 2 heteroatoms. The number of rotatable bonds is 8. The van der Waals surface area contributed by atoms with Crippen LogP contribution in [0.3, 0.4) is 0 Å². The van der Waals surface area contributed by atoms with Gasteiger partial charge in [0.1, 0.15) is 0 Å². The number of hydrogen-bond acceptors (Lipinski definition) is 1. The number of aliphatic hydroxyl groups is 1. The van der Waals surface area contributed by atoms with Crippen molar-refractivity contribution in [2.45, 2.75) is 76.7 Å². The monoisotopic (exact) mass is 220 g/mol. The van der Waals surface area contributed by atoms with Crippen LogP contribution in [0.1, 0.15) is 65.7 Å². The van der Waals surface area contributed by atoms with Crippen molar-refractivity contribution in [1.29, 1.82) is 0 Å². The van der Waals surface area contributed by atoms with Crippen LogP contribution >= 0.6 is 11.6 Å². The highest BCUT2D eigenvalue weighted by Gasteiger charge is 2.14. The summed E-state index contributed by atoms with van der Waals surface area (Å²) in [5, 5.41) is 9.77. The quantitative estimate of drug-likeness (QED) is 0.482. The highest BCUT2D eigenvalue weighted by molar-refractivity contribution is 6.20. The second-order valence-corrected chi connectivity index (χ2v) is 5.41. The first-order valence-electron chi connectivity index (χ1n) is 5.82. The van der Waals surface area contributed by atoms with Gasteiger partial charge in [-0.25, -0.2) is 0 Å². The number of unbranched alkanes of at least 4 members (excludes halogenated alkanes) is 3. The minimum atomic E-state index is -0.559. The summed E-state index contributed by atoms with van der Waals surface area (Å²) >= 11 is 6.15. The van der Waals surface area contributed by atoms with Crippen molar-refractivity contribution >= 4 is 11.6 Å². The summed E-state index contributed by atoms with van der Waals surface area (Å²) in [5.74, 6) is 0. The normalized spacial score (nSPS) is 14.4. The fourth-order valence-corrected chi connectivity index (χ4v) is 1.71. The van der Waals surface area contributed by atoms with Gasteiger partial charge in [-0.3, -0.25) is 0 Å². The Hall–Kier alpha value is 0.250. The summed E-state index contributed by atoms with van der Waals surface area (Å²) in [7, 11) is 0. The van der Waals surface area contributed by atoms with Gasteiger partial charge in [-0.2, -0.15) is 0 Å². The van der Waals surface area contributed by atoms with Crippen LogP contribution in [-0.4, -0.2) is 16.1 Å². The maximum atomic E-state index is 9.52. The van der Waals surface area contributed by atoms with Crippen LogP contribution in [0.25, 0.3) is 0 Å². The van der Waals surface area contributed by atoms with E-state index in [4.69, 9.17) is 11.6 Å². The molecular weight excluding hydrogens is 196 g/mol. The Labute approximate surface area is 93.9 Å². The highest BCUT2D eigenvalue weighted by Crippen LogP contribution is 2.19. The van der Waals surface area contributed by atoms with Gasteiger partial charge in [0.05, 0.1) is 5.60 Å². The average molecular weight is 221 g/mol. The van der Waals surface area contributed by atoms with E-state index in [9.17, 15) is 5.11 Å². The van der Waals surface area contributed by atoms with Crippen LogP contribution in [0.15, 0.2) is 0 Å². The minimum absolute atomic E-state index is 0.248. The molecular formula is C12H25ClO. The van der Waals surface area contributed by atoms with Crippen LogP contribution < -0.4 is 0 Å². The molecule has 0 aromatic rings. The first kappa shape index (κ1) is 14.2. The van der Waals surface area contributed by atoms with E-state index in [0.29, 0.717) is 0 Å².